The van der Waals surface area contributed by atoms with E-state index in [2.05, 4.69) is 29.4 Å². The quantitative estimate of drug-likeness (QED) is 0.920. The van der Waals surface area contributed by atoms with Crippen LogP contribution in [0, 0.1) is 0 Å². The van der Waals surface area contributed by atoms with E-state index in [0.717, 1.165) is 19.4 Å². The fourth-order valence-corrected chi connectivity index (χ4v) is 3.31. The number of nitrogens with zero attached hydrogens (tertiary/aromatic N) is 1. The van der Waals surface area contributed by atoms with Crippen molar-refractivity contribution in [2.24, 2.45) is 0 Å². The first-order valence-electron chi connectivity index (χ1n) is 8.02. The van der Waals surface area contributed by atoms with Gasteiger partial charge in [-0.3, -0.25) is 9.69 Å². The summed E-state index contributed by atoms with van der Waals surface area (Å²) in [6.45, 7) is 2.34. The van der Waals surface area contributed by atoms with Crippen LogP contribution in [0.2, 0.25) is 0 Å². The van der Waals surface area contributed by atoms with E-state index in [1.807, 2.05) is 18.2 Å². The summed E-state index contributed by atoms with van der Waals surface area (Å²) >= 11 is 0. The number of likely N-dealkylation sites (tertiary alicyclic amines) is 1. The number of likely N-dealkylation sites (N-methyl/N-ethyl adjacent to an activating group) is 1. The van der Waals surface area contributed by atoms with Crippen molar-refractivity contribution in [3.05, 3.63) is 35.9 Å². The number of hydrogen-bond acceptors (Lipinski definition) is 4. The van der Waals surface area contributed by atoms with Gasteiger partial charge < -0.3 is 14.8 Å². The maximum Gasteiger partial charge on any atom is 0.225 e. The number of nitrogens with one attached hydrogen (secondary N) is 1. The molecule has 1 aromatic carbocycles. The highest BCUT2D eigenvalue weighted by molar-refractivity contribution is 5.76. The monoisotopic (exact) mass is 304 g/mol. The van der Waals surface area contributed by atoms with Crippen molar-refractivity contribution in [3.63, 3.8) is 0 Å². The first-order valence-corrected chi connectivity index (χ1v) is 8.02. The van der Waals surface area contributed by atoms with Gasteiger partial charge in [-0.05, 0) is 25.5 Å². The molecule has 3 rings (SSSR count). The van der Waals surface area contributed by atoms with Gasteiger partial charge in [0, 0.05) is 12.6 Å². The minimum atomic E-state index is -0.386. The number of hydrogen-bond donors (Lipinski definition) is 1. The molecule has 1 aromatic rings. The molecule has 1 N–H and O–H groups in total. The van der Waals surface area contributed by atoms with Gasteiger partial charge in [-0.15, -0.1) is 0 Å². The summed E-state index contributed by atoms with van der Waals surface area (Å²) in [5, 5.41) is 3.16. The standard InChI is InChI=1S/C17H24N2O3/c1-19-9-8-14(17(19)13-6-3-2-4-7-13)18-15(20)12-16-21-10-5-11-22-16/h2-4,6-7,14,16-17H,5,8-12H2,1H3,(H,18,20)/t14-,17+/m0/s1. The lowest BCUT2D eigenvalue weighted by molar-refractivity contribution is -0.184. The van der Waals surface area contributed by atoms with Crippen molar-refractivity contribution < 1.29 is 14.3 Å². The molecule has 0 radical (unpaired) electrons. The van der Waals surface area contributed by atoms with Gasteiger partial charge in [0.1, 0.15) is 0 Å². The Balaban J connectivity index is 1.59. The molecule has 120 valence electrons. The summed E-state index contributed by atoms with van der Waals surface area (Å²) in [6.07, 6.45) is 1.76. The molecule has 2 aliphatic rings. The Labute approximate surface area is 131 Å². The smallest absolute Gasteiger partial charge is 0.225 e. The predicted molar refractivity (Wildman–Crippen MR) is 83.3 cm³/mol. The highest BCUT2D eigenvalue weighted by Crippen LogP contribution is 2.30. The fourth-order valence-electron chi connectivity index (χ4n) is 3.31. The van der Waals surface area contributed by atoms with Crippen molar-refractivity contribution in [1.29, 1.82) is 0 Å². The fraction of sp³-hybridized carbons (Fsp3) is 0.588. The second-order valence-electron chi connectivity index (χ2n) is 6.03. The van der Waals surface area contributed by atoms with Crippen LogP contribution in [0.5, 0.6) is 0 Å². The molecule has 2 aliphatic heterocycles. The molecule has 2 fully saturated rings. The molecular weight excluding hydrogens is 280 g/mol. The molecule has 1 amide bonds. The van der Waals surface area contributed by atoms with Crippen LogP contribution in [0.1, 0.15) is 30.9 Å². The average molecular weight is 304 g/mol. The van der Waals surface area contributed by atoms with Gasteiger partial charge in [-0.1, -0.05) is 30.3 Å². The molecule has 0 aliphatic carbocycles. The number of amides is 1. The maximum atomic E-state index is 12.3. The zero-order valence-corrected chi connectivity index (χ0v) is 13.0. The van der Waals surface area contributed by atoms with E-state index >= 15 is 0 Å². The SMILES string of the molecule is CN1CC[C@H](NC(=O)CC2OCCCO2)[C@H]1c1ccccc1. The van der Waals surface area contributed by atoms with Gasteiger partial charge in [-0.25, -0.2) is 0 Å². The normalized spacial score (nSPS) is 27.0. The summed E-state index contributed by atoms with van der Waals surface area (Å²) in [5.74, 6) is 0.00753. The Morgan fingerprint density at radius 3 is 2.73 bits per heavy atom. The minimum absolute atomic E-state index is 0.00753. The predicted octanol–water partition coefficient (Wildman–Crippen LogP) is 1.70. The van der Waals surface area contributed by atoms with Gasteiger partial charge in [0.05, 0.1) is 25.7 Å². The average Bonchev–Trinajstić information content (AvgIpc) is 2.89. The van der Waals surface area contributed by atoms with Gasteiger partial charge in [-0.2, -0.15) is 0 Å². The number of ether oxygens (including phenoxy) is 2. The Bertz CT molecular complexity index is 488. The summed E-state index contributed by atoms with van der Waals surface area (Å²) in [6, 6.07) is 10.7. The zero-order chi connectivity index (χ0) is 15.4. The van der Waals surface area contributed by atoms with Crippen LogP contribution in [0.25, 0.3) is 0 Å². The van der Waals surface area contributed by atoms with Crippen molar-refractivity contribution >= 4 is 5.91 Å². The van der Waals surface area contributed by atoms with Crippen molar-refractivity contribution in [3.8, 4) is 0 Å². The van der Waals surface area contributed by atoms with Crippen molar-refractivity contribution in [1.82, 2.24) is 10.2 Å². The Hall–Kier alpha value is -1.43. The van der Waals surface area contributed by atoms with Gasteiger partial charge >= 0.3 is 0 Å². The van der Waals surface area contributed by atoms with E-state index < -0.39 is 0 Å². The Morgan fingerprint density at radius 2 is 2.00 bits per heavy atom. The summed E-state index contributed by atoms with van der Waals surface area (Å²) in [4.78, 5) is 14.6. The van der Waals surface area contributed by atoms with E-state index in [0.29, 0.717) is 13.2 Å². The summed E-state index contributed by atoms with van der Waals surface area (Å²) in [5.41, 5.74) is 1.25. The highest BCUT2D eigenvalue weighted by atomic mass is 16.7. The Kier molecular flexibility index (Phi) is 5.08. The number of rotatable bonds is 4. The van der Waals surface area contributed by atoms with Crippen molar-refractivity contribution in [2.45, 2.75) is 37.6 Å². The molecule has 0 spiro atoms. The van der Waals surface area contributed by atoms with E-state index in [1.54, 1.807) is 0 Å². The topological polar surface area (TPSA) is 50.8 Å². The van der Waals surface area contributed by atoms with Crippen LogP contribution in [-0.4, -0.2) is 49.9 Å². The molecule has 5 nitrogen and oxygen atoms in total. The van der Waals surface area contributed by atoms with Crippen LogP contribution < -0.4 is 5.32 Å². The van der Waals surface area contributed by atoms with Crippen LogP contribution in [0.3, 0.4) is 0 Å². The van der Waals surface area contributed by atoms with Crippen LogP contribution in [0.4, 0.5) is 0 Å². The van der Waals surface area contributed by atoms with E-state index in [4.69, 9.17) is 9.47 Å². The third-order valence-corrected chi connectivity index (χ3v) is 4.38. The Morgan fingerprint density at radius 1 is 1.27 bits per heavy atom. The number of carbonyl (C=O) groups is 1. The molecule has 0 unspecified atom stereocenters. The van der Waals surface area contributed by atoms with Crippen LogP contribution >= 0.6 is 0 Å². The number of benzene rings is 1. The summed E-state index contributed by atoms with van der Waals surface area (Å²) < 4.78 is 10.9. The van der Waals surface area contributed by atoms with E-state index in [9.17, 15) is 4.79 Å². The zero-order valence-electron chi connectivity index (χ0n) is 13.0. The third-order valence-electron chi connectivity index (χ3n) is 4.38. The first kappa shape index (κ1) is 15.5. The lowest BCUT2D eigenvalue weighted by Gasteiger charge is -2.27. The minimum Gasteiger partial charge on any atom is -0.352 e. The second-order valence-corrected chi connectivity index (χ2v) is 6.03. The van der Waals surface area contributed by atoms with Crippen LogP contribution in [0.15, 0.2) is 30.3 Å². The molecule has 0 bridgehead atoms. The molecule has 22 heavy (non-hydrogen) atoms. The highest BCUT2D eigenvalue weighted by Gasteiger charge is 2.34. The molecule has 5 heteroatoms. The number of carbonyl (C=O) groups excluding carboxylic acids is 1. The lowest BCUT2D eigenvalue weighted by atomic mass is 10.00. The largest absolute Gasteiger partial charge is 0.352 e. The first-order chi connectivity index (χ1) is 10.7. The van der Waals surface area contributed by atoms with E-state index in [1.165, 1.54) is 5.56 Å². The second kappa shape index (κ2) is 7.22. The molecule has 2 atom stereocenters. The van der Waals surface area contributed by atoms with Gasteiger partial charge in [0.2, 0.25) is 5.91 Å². The molecule has 0 aromatic heterocycles. The van der Waals surface area contributed by atoms with Gasteiger partial charge in [0.15, 0.2) is 6.29 Å². The summed E-state index contributed by atoms with van der Waals surface area (Å²) in [7, 11) is 2.11. The van der Waals surface area contributed by atoms with Crippen molar-refractivity contribution in [2.75, 3.05) is 26.8 Å². The lowest BCUT2D eigenvalue weighted by Crippen LogP contribution is -2.41. The third kappa shape index (κ3) is 3.66. The molecule has 0 saturated carbocycles. The maximum absolute atomic E-state index is 12.3. The molecule has 2 saturated heterocycles. The van der Waals surface area contributed by atoms with Gasteiger partial charge in [0.25, 0.3) is 0 Å². The molecular formula is C17H24N2O3. The van der Waals surface area contributed by atoms with E-state index in [-0.39, 0.29) is 30.7 Å². The van der Waals surface area contributed by atoms with Crippen LogP contribution in [-0.2, 0) is 14.3 Å². The molecule has 2 heterocycles.